The summed E-state index contributed by atoms with van der Waals surface area (Å²) in [4.78, 5) is 29.6. The van der Waals surface area contributed by atoms with Gasteiger partial charge in [-0.05, 0) is 30.3 Å². The summed E-state index contributed by atoms with van der Waals surface area (Å²) in [6.45, 7) is 0.436. The van der Waals surface area contributed by atoms with Crippen molar-refractivity contribution >= 4 is 34.4 Å². The number of hydrogen-bond acceptors (Lipinski definition) is 5. The first kappa shape index (κ1) is 18.9. The van der Waals surface area contributed by atoms with Crippen LogP contribution in [0.15, 0.2) is 36.5 Å². The fourth-order valence-electron chi connectivity index (χ4n) is 3.23. The molecule has 0 radical (unpaired) electrons. The van der Waals surface area contributed by atoms with Crippen LogP contribution in [0.3, 0.4) is 0 Å². The molecule has 0 bridgehead atoms. The number of primary amides is 1. The first-order valence-electron chi connectivity index (χ1n) is 8.74. The summed E-state index contributed by atoms with van der Waals surface area (Å²) < 4.78 is 1.45. The number of amides is 2. The summed E-state index contributed by atoms with van der Waals surface area (Å²) in [5.41, 5.74) is 5.24. The van der Waals surface area contributed by atoms with E-state index in [4.69, 9.17) is 17.3 Å². The molecule has 1 saturated heterocycles. The van der Waals surface area contributed by atoms with E-state index >= 15 is 0 Å². The summed E-state index contributed by atoms with van der Waals surface area (Å²) in [6, 6.07) is 8.32. The van der Waals surface area contributed by atoms with Gasteiger partial charge in [-0.25, -0.2) is 9.67 Å². The smallest absolute Gasteiger partial charge is 0.269 e. The highest BCUT2D eigenvalue weighted by molar-refractivity contribution is 6.30. The van der Waals surface area contributed by atoms with Crippen molar-refractivity contribution in [2.24, 2.45) is 5.73 Å². The van der Waals surface area contributed by atoms with Gasteiger partial charge in [0.2, 0.25) is 5.60 Å². The second-order valence-corrected chi connectivity index (χ2v) is 7.22. The molecule has 0 spiro atoms. The van der Waals surface area contributed by atoms with E-state index < -0.39 is 17.4 Å². The van der Waals surface area contributed by atoms with Gasteiger partial charge >= 0.3 is 0 Å². The second kappa shape index (κ2) is 6.88. The van der Waals surface area contributed by atoms with Crippen LogP contribution < -0.4 is 5.73 Å². The van der Waals surface area contributed by atoms with Gasteiger partial charge in [-0.3, -0.25) is 9.59 Å². The number of aliphatic hydroxyl groups is 1. The Morgan fingerprint density at radius 1 is 1.38 bits per heavy atom. The van der Waals surface area contributed by atoms with Crippen molar-refractivity contribution in [3.8, 4) is 17.5 Å². The predicted molar refractivity (Wildman–Crippen MR) is 106 cm³/mol. The van der Waals surface area contributed by atoms with Crippen molar-refractivity contribution in [2.45, 2.75) is 12.0 Å². The Kier molecular flexibility index (Phi) is 4.49. The van der Waals surface area contributed by atoms with E-state index in [1.165, 1.54) is 9.58 Å². The summed E-state index contributed by atoms with van der Waals surface area (Å²) in [7, 11) is 1.62. The van der Waals surface area contributed by atoms with E-state index in [1.807, 2.05) is 0 Å². The highest BCUT2D eigenvalue weighted by Crippen LogP contribution is 2.24. The Hall–Kier alpha value is -3.41. The SMILES string of the molecule is CN1CC[C@@](O)(C#Cc2cc(Cl)cc(-n3nc(C(N)=O)c4cccnc43)c2)C1=O. The van der Waals surface area contributed by atoms with Crippen molar-refractivity contribution in [1.82, 2.24) is 19.7 Å². The van der Waals surface area contributed by atoms with Crippen molar-refractivity contribution < 1.29 is 14.7 Å². The van der Waals surface area contributed by atoms with Gasteiger partial charge in [-0.1, -0.05) is 23.4 Å². The Morgan fingerprint density at radius 2 is 2.17 bits per heavy atom. The van der Waals surface area contributed by atoms with E-state index in [1.54, 1.807) is 43.6 Å². The molecule has 2 amide bonds. The fourth-order valence-corrected chi connectivity index (χ4v) is 3.46. The Morgan fingerprint density at radius 3 is 2.86 bits per heavy atom. The summed E-state index contributed by atoms with van der Waals surface area (Å²) >= 11 is 6.24. The molecular formula is C20H16ClN5O3. The van der Waals surface area contributed by atoms with E-state index in [0.29, 0.717) is 33.9 Å². The molecule has 1 aliphatic heterocycles. The summed E-state index contributed by atoms with van der Waals surface area (Å²) in [5.74, 6) is 4.38. The zero-order valence-corrected chi connectivity index (χ0v) is 16.1. The van der Waals surface area contributed by atoms with E-state index in [0.717, 1.165) is 0 Å². The third kappa shape index (κ3) is 3.31. The lowest BCUT2D eigenvalue weighted by Crippen LogP contribution is -2.37. The topological polar surface area (TPSA) is 114 Å². The monoisotopic (exact) mass is 409 g/mol. The number of nitrogens with zero attached hydrogens (tertiary/aromatic N) is 4. The van der Waals surface area contributed by atoms with Crippen LogP contribution in [0.1, 0.15) is 22.5 Å². The van der Waals surface area contributed by atoms with E-state index in [-0.39, 0.29) is 12.1 Å². The number of likely N-dealkylation sites (tertiary alicyclic amines) is 1. The molecule has 3 N–H and O–H groups in total. The van der Waals surface area contributed by atoms with Crippen LogP contribution >= 0.6 is 11.6 Å². The lowest BCUT2D eigenvalue weighted by atomic mass is 10.0. The fraction of sp³-hybridized carbons (Fsp3) is 0.200. The molecule has 1 fully saturated rings. The van der Waals surface area contributed by atoms with Crippen LogP contribution in [0.4, 0.5) is 0 Å². The Labute approximate surface area is 170 Å². The minimum Gasteiger partial charge on any atom is -0.369 e. The van der Waals surface area contributed by atoms with Gasteiger partial charge in [0.15, 0.2) is 11.3 Å². The zero-order valence-electron chi connectivity index (χ0n) is 15.4. The molecule has 2 aromatic heterocycles. The molecule has 146 valence electrons. The molecule has 0 aliphatic carbocycles. The molecular weight excluding hydrogens is 394 g/mol. The second-order valence-electron chi connectivity index (χ2n) is 6.78. The van der Waals surface area contributed by atoms with Crippen LogP contribution in [0.5, 0.6) is 0 Å². The van der Waals surface area contributed by atoms with Gasteiger partial charge in [-0.2, -0.15) is 5.10 Å². The van der Waals surface area contributed by atoms with Crippen LogP contribution in [-0.4, -0.2) is 55.8 Å². The number of aromatic nitrogens is 3. The maximum absolute atomic E-state index is 12.1. The van der Waals surface area contributed by atoms with Crippen molar-refractivity contribution in [3.63, 3.8) is 0 Å². The van der Waals surface area contributed by atoms with Gasteiger partial charge in [0.1, 0.15) is 0 Å². The largest absolute Gasteiger partial charge is 0.369 e. The van der Waals surface area contributed by atoms with Gasteiger partial charge < -0.3 is 15.7 Å². The summed E-state index contributed by atoms with van der Waals surface area (Å²) in [6.07, 6.45) is 1.81. The molecule has 4 rings (SSSR count). The lowest BCUT2D eigenvalue weighted by Gasteiger charge is -2.13. The van der Waals surface area contributed by atoms with Gasteiger partial charge in [0, 0.05) is 36.8 Å². The zero-order chi connectivity index (χ0) is 20.8. The van der Waals surface area contributed by atoms with Crippen LogP contribution in [0, 0.1) is 11.8 Å². The number of pyridine rings is 1. The van der Waals surface area contributed by atoms with E-state index in [2.05, 4.69) is 21.9 Å². The average Bonchev–Trinajstić information content (AvgIpc) is 3.20. The number of carbonyl (C=O) groups excluding carboxylic acids is 2. The number of rotatable bonds is 2. The van der Waals surface area contributed by atoms with Gasteiger partial charge in [-0.15, -0.1) is 0 Å². The molecule has 1 atom stereocenters. The van der Waals surface area contributed by atoms with Crippen molar-refractivity contribution in [3.05, 3.63) is 52.8 Å². The highest BCUT2D eigenvalue weighted by atomic mass is 35.5. The van der Waals surface area contributed by atoms with E-state index in [9.17, 15) is 14.7 Å². The number of benzene rings is 1. The van der Waals surface area contributed by atoms with Crippen molar-refractivity contribution in [2.75, 3.05) is 13.6 Å². The number of halogens is 1. The minimum atomic E-state index is -1.71. The Bertz CT molecular complexity index is 1230. The molecule has 29 heavy (non-hydrogen) atoms. The maximum atomic E-state index is 12.1. The average molecular weight is 410 g/mol. The maximum Gasteiger partial charge on any atom is 0.269 e. The number of carbonyl (C=O) groups is 2. The van der Waals surface area contributed by atoms with Crippen LogP contribution in [0.25, 0.3) is 16.7 Å². The minimum absolute atomic E-state index is 0.0922. The third-order valence-electron chi connectivity index (χ3n) is 4.73. The first-order valence-corrected chi connectivity index (χ1v) is 9.12. The quantitative estimate of drug-likeness (QED) is 0.615. The standard InChI is InChI=1S/C20H16ClN5O3/c1-25-8-6-20(29,19(25)28)5-4-12-9-13(21)11-14(10-12)26-18-15(3-2-7-23-18)16(24-26)17(22)27/h2-3,7,9-11,29H,6,8H2,1H3,(H2,22,27)/t20-/m0/s1. The molecule has 0 saturated carbocycles. The highest BCUT2D eigenvalue weighted by Gasteiger charge is 2.42. The van der Waals surface area contributed by atoms with Crippen LogP contribution in [0.2, 0.25) is 5.02 Å². The van der Waals surface area contributed by atoms with Gasteiger partial charge in [0.25, 0.3) is 11.8 Å². The molecule has 3 aromatic rings. The molecule has 1 aromatic carbocycles. The molecule has 3 heterocycles. The van der Waals surface area contributed by atoms with Crippen LogP contribution in [-0.2, 0) is 4.79 Å². The number of nitrogens with two attached hydrogens (primary N) is 1. The first-order chi connectivity index (χ1) is 13.8. The number of hydrogen-bond donors (Lipinski definition) is 2. The molecule has 0 unspecified atom stereocenters. The molecule has 1 aliphatic rings. The predicted octanol–water partition coefficient (Wildman–Crippen LogP) is 1.12. The van der Waals surface area contributed by atoms with Gasteiger partial charge in [0.05, 0.1) is 11.1 Å². The number of fused-ring (bicyclic) bond motifs is 1. The lowest BCUT2D eigenvalue weighted by molar-refractivity contribution is -0.137. The molecule has 8 nitrogen and oxygen atoms in total. The normalized spacial score (nSPS) is 18.7. The number of likely N-dealkylation sites (N-methyl/N-ethyl adjacent to an activating group) is 1. The van der Waals surface area contributed by atoms with Crippen molar-refractivity contribution in [1.29, 1.82) is 0 Å². The Balaban J connectivity index is 1.80. The third-order valence-corrected chi connectivity index (χ3v) is 4.94. The summed E-state index contributed by atoms with van der Waals surface area (Å²) in [5, 5.41) is 15.6. The molecule has 9 heteroatoms.